The fourth-order valence-electron chi connectivity index (χ4n) is 1.50. The molecule has 4 heteroatoms. The van der Waals surface area contributed by atoms with Crippen molar-refractivity contribution in [2.45, 2.75) is 25.9 Å². The van der Waals surface area contributed by atoms with Crippen LogP contribution in [0.5, 0.6) is 0 Å². The van der Waals surface area contributed by atoms with Crippen LogP contribution >= 0.6 is 0 Å². The van der Waals surface area contributed by atoms with Crippen LogP contribution in [0.4, 0.5) is 0 Å². The minimum atomic E-state index is -1.28. The maximum atomic E-state index is 11.3. The fraction of sp³-hybridized carbons (Fsp3) is 0.385. The molecule has 1 atom stereocenters. The van der Waals surface area contributed by atoms with Gasteiger partial charge in [0.15, 0.2) is 0 Å². The summed E-state index contributed by atoms with van der Waals surface area (Å²) in [6.07, 6.45) is -0.104. The van der Waals surface area contributed by atoms with E-state index in [0.29, 0.717) is 17.7 Å². The van der Waals surface area contributed by atoms with E-state index >= 15 is 0 Å². The Morgan fingerprint density at radius 1 is 1.47 bits per heavy atom. The summed E-state index contributed by atoms with van der Waals surface area (Å²) < 4.78 is 4.79. The predicted octanol–water partition coefficient (Wildman–Crippen LogP) is 1.72. The molecule has 0 aromatic heterocycles. The Labute approximate surface area is 100 Å². The molecule has 0 aliphatic heterocycles. The van der Waals surface area contributed by atoms with Crippen molar-refractivity contribution in [2.24, 2.45) is 0 Å². The maximum Gasteiger partial charge on any atom is 0.309 e. The number of benzene rings is 1. The number of nitriles is 1. The van der Waals surface area contributed by atoms with Gasteiger partial charge in [-0.1, -0.05) is 12.1 Å². The van der Waals surface area contributed by atoms with E-state index in [1.54, 1.807) is 38.1 Å². The van der Waals surface area contributed by atoms with Crippen LogP contribution in [0.1, 0.15) is 31.4 Å². The van der Waals surface area contributed by atoms with E-state index in [9.17, 15) is 9.90 Å². The molecular weight excluding hydrogens is 218 g/mol. The summed E-state index contributed by atoms with van der Waals surface area (Å²) in [6.45, 7) is 3.56. The van der Waals surface area contributed by atoms with Gasteiger partial charge in [0, 0.05) is 0 Å². The molecule has 90 valence electrons. The van der Waals surface area contributed by atoms with Crippen molar-refractivity contribution < 1.29 is 14.6 Å². The lowest BCUT2D eigenvalue weighted by molar-refractivity contribution is -0.148. The van der Waals surface area contributed by atoms with Crippen LogP contribution in [-0.4, -0.2) is 17.7 Å². The van der Waals surface area contributed by atoms with Gasteiger partial charge in [-0.15, -0.1) is 0 Å². The number of hydrogen-bond donors (Lipinski definition) is 1. The molecule has 0 bridgehead atoms. The van der Waals surface area contributed by atoms with E-state index in [1.165, 1.54) is 0 Å². The second-order valence-electron chi connectivity index (χ2n) is 3.94. The van der Waals surface area contributed by atoms with Gasteiger partial charge in [0.1, 0.15) is 0 Å². The molecule has 17 heavy (non-hydrogen) atoms. The third-order valence-corrected chi connectivity index (χ3v) is 2.43. The number of nitrogens with zero attached hydrogens (tertiary/aromatic N) is 1. The van der Waals surface area contributed by atoms with E-state index in [0.717, 1.165) is 0 Å². The van der Waals surface area contributed by atoms with Gasteiger partial charge < -0.3 is 9.84 Å². The van der Waals surface area contributed by atoms with E-state index in [-0.39, 0.29) is 6.42 Å². The summed E-state index contributed by atoms with van der Waals surface area (Å²) in [5.74, 6) is -0.443. The summed E-state index contributed by atoms with van der Waals surface area (Å²) in [6, 6.07) is 8.48. The lowest BCUT2D eigenvalue weighted by atomic mass is 9.92. The molecule has 1 aromatic rings. The lowest BCUT2D eigenvalue weighted by Gasteiger charge is -2.22. The average molecular weight is 233 g/mol. The van der Waals surface area contributed by atoms with E-state index in [4.69, 9.17) is 10.00 Å². The molecule has 0 radical (unpaired) electrons. The number of aliphatic hydroxyl groups is 1. The van der Waals surface area contributed by atoms with Gasteiger partial charge in [-0.3, -0.25) is 4.79 Å². The Hall–Kier alpha value is -1.86. The van der Waals surface area contributed by atoms with Gasteiger partial charge in [-0.25, -0.2) is 0 Å². The first-order valence-corrected chi connectivity index (χ1v) is 5.38. The minimum Gasteiger partial charge on any atom is -0.466 e. The lowest BCUT2D eigenvalue weighted by Crippen LogP contribution is -2.26. The van der Waals surface area contributed by atoms with Crippen LogP contribution in [-0.2, 0) is 15.1 Å². The first kappa shape index (κ1) is 13.2. The SMILES string of the molecule is CCOC(=O)CC(C)(O)c1ccc(C#N)cc1. The van der Waals surface area contributed by atoms with Crippen LogP contribution in [0.2, 0.25) is 0 Å². The highest BCUT2D eigenvalue weighted by Gasteiger charge is 2.27. The van der Waals surface area contributed by atoms with E-state index in [2.05, 4.69) is 0 Å². The number of rotatable bonds is 4. The maximum absolute atomic E-state index is 11.3. The van der Waals surface area contributed by atoms with Crippen LogP contribution in [0.25, 0.3) is 0 Å². The summed E-state index contributed by atoms with van der Waals surface area (Å²) in [5.41, 5.74) is -0.175. The Kier molecular flexibility index (Phi) is 4.24. The molecule has 1 unspecified atom stereocenters. The summed E-state index contributed by atoms with van der Waals surface area (Å²) in [7, 11) is 0. The highest BCUT2D eigenvalue weighted by molar-refractivity contribution is 5.71. The molecule has 0 aliphatic rings. The zero-order valence-corrected chi connectivity index (χ0v) is 9.93. The van der Waals surface area contributed by atoms with Crippen LogP contribution in [0.3, 0.4) is 0 Å². The van der Waals surface area contributed by atoms with Crippen molar-refractivity contribution in [1.29, 1.82) is 5.26 Å². The highest BCUT2D eigenvalue weighted by Crippen LogP contribution is 2.25. The Morgan fingerprint density at radius 3 is 2.53 bits per heavy atom. The van der Waals surface area contributed by atoms with Gasteiger partial charge in [0.25, 0.3) is 0 Å². The van der Waals surface area contributed by atoms with Crippen molar-refractivity contribution in [3.63, 3.8) is 0 Å². The number of hydrogen-bond acceptors (Lipinski definition) is 4. The summed E-state index contributed by atoms with van der Waals surface area (Å²) in [5, 5.41) is 18.8. The molecule has 1 rings (SSSR count). The van der Waals surface area contributed by atoms with Crippen LogP contribution < -0.4 is 0 Å². The minimum absolute atomic E-state index is 0.104. The molecule has 1 N–H and O–H groups in total. The van der Waals surface area contributed by atoms with Gasteiger partial charge in [-0.05, 0) is 31.5 Å². The van der Waals surface area contributed by atoms with Crippen LogP contribution in [0.15, 0.2) is 24.3 Å². The molecule has 0 fully saturated rings. The first-order chi connectivity index (χ1) is 7.99. The quantitative estimate of drug-likeness (QED) is 0.804. The molecule has 0 amide bonds. The molecule has 0 aliphatic carbocycles. The van der Waals surface area contributed by atoms with Gasteiger partial charge in [-0.2, -0.15) is 5.26 Å². The van der Waals surface area contributed by atoms with Crippen LogP contribution in [0, 0.1) is 11.3 Å². The molecule has 4 nitrogen and oxygen atoms in total. The average Bonchev–Trinajstić information content (AvgIpc) is 2.28. The largest absolute Gasteiger partial charge is 0.466 e. The van der Waals surface area contributed by atoms with E-state index in [1.807, 2.05) is 6.07 Å². The number of ether oxygens (including phenoxy) is 1. The molecule has 1 aromatic carbocycles. The second-order valence-corrected chi connectivity index (χ2v) is 3.94. The standard InChI is InChI=1S/C13H15NO3/c1-3-17-12(15)8-13(2,16)11-6-4-10(9-14)5-7-11/h4-7,16H,3,8H2,1-2H3. The molecular formula is C13H15NO3. The second kappa shape index (κ2) is 5.46. The zero-order chi connectivity index (χ0) is 12.9. The zero-order valence-electron chi connectivity index (χ0n) is 9.93. The van der Waals surface area contributed by atoms with E-state index < -0.39 is 11.6 Å². The molecule has 0 saturated carbocycles. The Bertz CT molecular complexity index is 429. The van der Waals surface area contributed by atoms with Crippen molar-refractivity contribution in [3.8, 4) is 6.07 Å². The number of esters is 1. The van der Waals surface area contributed by atoms with Crippen molar-refractivity contribution in [2.75, 3.05) is 6.61 Å². The smallest absolute Gasteiger partial charge is 0.309 e. The van der Waals surface area contributed by atoms with Gasteiger partial charge in [0.05, 0.1) is 30.3 Å². The Balaban J connectivity index is 2.81. The monoisotopic (exact) mass is 233 g/mol. The predicted molar refractivity (Wildman–Crippen MR) is 62.0 cm³/mol. The topological polar surface area (TPSA) is 70.3 Å². The third-order valence-electron chi connectivity index (χ3n) is 2.43. The van der Waals surface area contributed by atoms with Gasteiger partial charge in [0.2, 0.25) is 0 Å². The normalized spacial score (nSPS) is 13.5. The van der Waals surface area contributed by atoms with Crippen molar-refractivity contribution in [3.05, 3.63) is 35.4 Å². The van der Waals surface area contributed by atoms with Crippen molar-refractivity contribution >= 4 is 5.97 Å². The highest BCUT2D eigenvalue weighted by atomic mass is 16.5. The molecule has 0 heterocycles. The van der Waals surface area contributed by atoms with Crippen molar-refractivity contribution in [1.82, 2.24) is 0 Å². The number of carbonyl (C=O) groups excluding carboxylic acids is 1. The molecule has 0 saturated heterocycles. The van der Waals surface area contributed by atoms with Gasteiger partial charge >= 0.3 is 5.97 Å². The summed E-state index contributed by atoms with van der Waals surface area (Å²) in [4.78, 5) is 11.3. The molecule has 0 spiro atoms. The Morgan fingerprint density at radius 2 is 2.06 bits per heavy atom. The fourth-order valence-corrected chi connectivity index (χ4v) is 1.50. The summed E-state index contributed by atoms with van der Waals surface area (Å²) >= 11 is 0. The first-order valence-electron chi connectivity index (χ1n) is 5.38. The third kappa shape index (κ3) is 3.58. The number of carbonyl (C=O) groups is 1.